The summed E-state index contributed by atoms with van der Waals surface area (Å²) < 4.78 is 43.1. The van der Waals surface area contributed by atoms with Crippen LogP contribution < -0.4 is 10.1 Å². The number of carboxylic acid groups (broad SMARTS) is 2. The minimum absolute atomic E-state index is 0.0709. The summed E-state index contributed by atoms with van der Waals surface area (Å²) in [5.41, 5.74) is -3.88. The first-order valence-corrected chi connectivity index (χ1v) is 6.43. The molecule has 0 saturated carbocycles. The van der Waals surface area contributed by atoms with Gasteiger partial charge in [0, 0.05) is 13.3 Å². The highest BCUT2D eigenvalue weighted by Gasteiger charge is 2.48. The lowest BCUT2D eigenvalue weighted by atomic mass is 9.90. The van der Waals surface area contributed by atoms with Crippen molar-refractivity contribution >= 4 is 17.8 Å². The molecule has 1 aromatic carbocycles. The van der Waals surface area contributed by atoms with Crippen LogP contribution in [0.4, 0.5) is 13.2 Å². The van der Waals surface area contributed by atoms with Gasteiger partial charge in [0.2, 0.25) is 11.4 Å². The van der Waals surface area contributed by atoms with Crippen molar-refractivity contribution in [3.63, 3.8) is 0 Å². The van der Waals surface area contributed by atoms with E-state index < -0.39 is 47.3 Å². The van der Waals surface area contributed by atoms with Crippen molar-refractivity contribution in [3.05, 3.63) is 29.3 Å². The molecule has 0 spiro atoms. The molecule has 0 fully saturated rings. The molecule has 7 nitrogen and oxygen atoms in total. The second kappa shape index (κ2) is 6.77. The Morgan fingerprint density at radius 3 is 2.08 bits per heavy atom. The van der Waals surface area contributed by atoms with Crippen molar-refractivity contribution in [2.45, 2.75) is 25.1 Å². The van der Waals surface area contributed by atoms with E-state index in [9.17, 15) is 37.8 Å². The Bertz CT molecular complexity index is 657. The maximum atomic E-state index is 12.8. The lowest BCUT2D eigenvalue weighted by molar-refractivity contribution is -0.161. The Balaban J connectivity index is 3.36. The number of benzene rings is 1. The molecule has 1 amide bonds. The summed E-state index contributed by atoms with van der Waals surface area (Å²) in [5, 5.41) is 20.2. The monoisotopic (exact) mass is 349 g/mol. The number of ether oxygens (including phenoxy) is 1. The van der Waals surface area contributed by atoms with E-state index in [0.717, 1.165) is 26.2 Å². The van der Waals surface area contributed by atoms with E-state index in [-0.39, 0.29) is 5.56 Å². The Kier molecular flexibility index (Phi) is 5.43. The van der Waals surface area contributed by atoms with E-state index in [1.807, 2.05) is 5.32 Å². The van der Waals surface area contributed by atoms with Crippen LogP contribution in [0.5, 0.6) is 5.75 Å². The predicted molar refractivity (Wildman–Crippen MR) is 73.5 cm³/mol. The molecule has 1 aromatic rings. The minimum Gasteiger partial charge on any atom is -0.496 e. The van der Waals surface area contributed by atoms with Gasteiger partial charge in [0.15, 0.2) is 0 Å². The maximum Gasteiger partial charge on any atom is 0.419 e. The van der Waals surface area contributed by atoms with Crippen molar-refractivity contribution in [1.29, 1.82) is 0 Å². The molecule has 0 aliphatic carbocycles. The van der Waals surface area contributed by atoms with E-state index in [2.05, 4.69) is 4.74 Å². The summed E-state index contributed by atoms with van der Waals surface area (Å²) in [6.07, 6.45) is -5.47. The largest absolute Gasteiger partial charge is 0.496 e. The van der Waals surface area contributed by atoms with Crippen LogP contribution in [0, 0.1) is 0 Å². The predicted octanol–water partition coefficient (Wildman–Crippen LogP) is 1.30. The number of amides is 1. The molecule has 0 aliphatic rings. The summed E-state index contributed by atoms with van der Waals surface area (Å²) in [4.78, 5) is 33.9. The van der Waals surface area contributed by atoms with Gasteiger partial charge in [-0.05, 0) is 17.7 Å². The second-order valence-corrected chi connectivity index (χ2v) is 4.91. The van der Waals surface area contributed by atoms with Crippen LogP contribution in [0.15, 0.2) is 18.2 Å². The third-order valence-electron chi connectivity index (χ3n) is 3.16. The molecule has 0 saturated heterocycles. The van der Waals surface area contributed by atoms with Gasteiger partial charge in [-0.3, -0.25) is 4.79 Å². The number of nitrogens with one attached hydrogen (secondary N) is 1. The van der Waals surface area contributed by atoms with Gasteiger partial charge in [0.05, 0.1) is 12.7 Å². The first kappa shape index (κ1) is 19.3. The number of rotatable bonds is 6. The normalized spacial score (nSPS) is 11.7. The van der Waals surface area contributed by atoms with E-state index >= 15 is 0 Å². The fourth-order valence-electron chi connectivity index (χ4n) is 2.08. The number of hydrogen-bond acceptors (Lipinski definition) is 4. The first-order chi connectivity index (χ1) is 10.9. The molecule has 10 heteroatoms. The third kappa shape index (κ3) is 3.94. The second-order valence-electron chi connectivity index (χ2n) is 4.91. The number of aliphatic carboxylic acids is 2. The summed E-state index contributed by atoms with van der Waals surface area (Å²) in [6.45, 7) is 0.925. The topological polar surface area (TPSA) is 113 Å². The van der Waals surface area contributed by atoms with Gasteiger partial charge in [-0.25, -0.2) is 9.59 Å². The summed E-state index contributed by atoms with van der Waals surface area (Å²) in [5.74, 6) is -5.22. The van der Waals surface area contributed by atoms with E-state index in [0.29, 0.717) is 6.07 Å². The number of carbonyl (C=O) groups excluding carboxylic acids is 1. The van der Waals surface area contributed by atoms with Gasteiger partial charge in [-0.2, -0.15) is 13.2 Å². The van der Waals surface area contributed by atoms with Crippen LogP contribution in [0.1, 0.15) is 18.1 Å². The van der Waals surface area contributed by atoms with E-state index in [1.165, 1.54) is 0 Å². The van der Waals surface area contributed by atoms with Crippen molar-refractivity contribution in [2.24, 2.45) is 0 Å². The molecule has 3 N–H and O–H groups in total. The molecule has 132 valence electrons. The molecule has 0 heterocycles. The molecule has 0 atom stereocenters. The number of carbonyl (C=O) groups is 3. The van der Waals surface area contributed by atoms with E-state index in [1.54, 1.807) is 0 Å². The van der Waals surface area contributed by atoms with Gasteiger partial charge in [-0.15, -0.1) is 0 Å². The molecule has 0 aliphatic heterocycles. The SMILES string of the molecule is COc1cc(CC(NC(C)=O)(C(=O)O)C(=O)O)ccc1C(F)(F)F. The number of carboxylic acids is 2. The first-order valence-electron chi connectivity index (χ1n) is 6.43. The third-order valence-corrected chi connectivity index (χ3v) is 3.16. The summed E-state index contributed by atoms with van der Waals surface area (Å²) in [6, 6.07) is 2.45. The molecule has 24 heavy (non-hydrogen) atoms. The standard InChI is InChI=1S/C14H14F3NO6/c1-7(19)18-13(11(20)21,12(22)23)6-8-3-4-9(14(15,16)17)10(5-8)24-2/h3-5H,6H2,1-2H3,(H,18,19)(H,20,21)(H,22,23). The van der Waals surface area contributed by atoms with Crippen LogP contribution in [-0.2, 0) is 27.0 Å². The summed E-state index contributed by atoms with van der Waals surface area (Å²) in [7, 11) is 0.990. The average Bonchev–Trinajstić information content (AvgIpc) is 2.44. The Morgan fingerprint density at radius 1 is 1.17 bits per heavy atom. The molecular weight excluding hydrogens is 335 g/mol. The molecule has 0 unspecified atom stereocenters. The number of hydrogen-bond donors (Lipinski definition) is 3. The van der Waals surface area contributed by atoms with E-state index in [4.69, 9.17) is 0 Å². The molecule has 0 radical (unpaired) electrons. The highest BCUT2D eigenvalue weighted by Crippen LogP contribution is 2.37. The summed E-state index contributed by atoms with van der Waals surface area (Å²) >= 11 is 0. The Hall–Kier alpha value is -2.78. The highest BCUT2D eigenvalue weighted by molar-refractivity contribution is 6.06. The Morgan fingerprint density at radius 2 is 1.71 bits per heavy atom. The van der Waals surface area contributed by atoms with Crippen molar-refractivity contribution in [3.8, 4) is 5.75 Å². The molecular formula is C14H14F3NO6. The number of alkyl halides is 3. The molecule has 0 bridgehead atoms. The molecule has 0 aromatic heterocycles. The zero-order valence-electron chi connectivity index (χ0n) is 12.6. The van der Waals surface area contributed by atoms with Gasteiger partial charge in [0.25, 0.3) is 0 Å². The van der Waals surface area contributed by atoms with Crippen molar-refractivity contribution in [2.75, 3.05) is 7.11 Å². The van der Waals surface area contributed by atoms with Gasteiger partial charge >= 0.3 is 18.1 Å². The lowest BCUT2D eigenvalue weighted by Crippen LogP contribution is -2.61. The smallest absolute Gasteiger partial charge is 0.419 e. The zero-order chi connectivity index (χ0) is 18.7. The Labute approximate surface area is 134 Å². The van der Waals surface area contributed by atoms with Crippen LogP contribution in [0.3, 0.4) is 0 Å². The fraction of sp³-hybridized carbons (Fsp3) is 0.357. The quantitative estimate of drug-likeness (QED) is 0.667. The average molecular weight is 349 g/mol. The number of halogens is 3. The number of methoxy groups -OCH3 is 1. The van der Waals surface area contributed by atoms with Gasteiger partial charge in [-0.1, -0.05) is 6.07 Å². The lowest BCUT2D eigenvalue weighted by Gasteiger charge is -2.26. The molecule has 1 rings (SSSR count). The van der Waals surface area contributed by atoms with Crippen LogP contribution in [0.25, 0.3) is 0 Å². The zero-order valence-corrected chi connectivity index (χ0v) is 12.6. The fourth-order valence-corrected chi connectivity index (χ4v) is 2.08. The van der Waals surface area contributed by atoms with Crippen molar-refractivity contribution < 1.29 is 42.5 Å². The minimum atomic E-state index is -4.70. The van der Waals surface area contributed by atoms with Crippen molar-refractivity contribution in [1.82, 2.24) is 5.32 Å². The van der Waals surface area contributed by atoms with Crippen LogP contribution in [0.2, 0.25) is 0 Å². The van der Waals surface area contributed by atoms with Gasteiger partial charge in [0.1, 0.15) is 5.75 Å². The van der Waals surface area contributed by atoms with Gasteiger partial charge < -0.3 is 20.3 Å². The highest BCUT2D eigenvalue weighted by atomic mass is 19.4. The maximum absolute atomic E-state index is 12.8. The van der Waals surface area contributed by atoms with Crippen LogP contribution >= 0.6 is 0 Å². The van der Waals surface area contributed by atoms with Crippen LogP contribution in [-0.4, -0.2) is 40.7 Å².